The van der Waals surface area contributed by atoms with Gasteiger partial charge in [0, 0.05) is 23.0 Å². The minimum Gasteiger partial charge on any atom is -0.392 e. The number of fused-ring (bicyclic) bond motifs is 1. The summed E-state index contributed by atoms with van der Waals surface area (Å²) in [6, 6.07) is 12.5. The normalized spacial score (nSPS) is 11.4. The molecule has 0 saturated heterocycles. The van der Waals surface area contributed by atoms with Crippen molar-refractivity contribution >= 4 is 17.2 Å². The molecular weight excluding hydrogens is 481 g/mol. The monoisotopic (exact) mass is 499 g/mol. The second-order valence-electron chi connectivity index (χ2n) is 7.84. The molecule has 4 aromatic rings. The third-order valence-electron chi connectivity index (χ3n) is 5.42. The van der Waals surface area contributed by atoms with Crippen molar-refractivity contribution in [1.29, 1.82) is 0 Å². The van der Waals surface area contributed by atoms with Gasteiger partial charge in [0.1, 0.15) is 17.0 Å². The van der Waals surface area contributed by atoms with E-state index in [1.54, 1.807) is 37.4 Å². The molecule has 0 saturated carbocycles. The number of aliphatic hydroxyl groups is 1. The summed E-state index contributed by atoms with van der Waals surface area (Å²) >= 11 is 0. The van der Waals surface area contributed by atoms with Gasteiger partial charge in [-0.25, -0.2) is 13.8 Å². The minimum atomic E-state index is -4.71. The number of carbonyl (C=O) groups excluding carboxylic acids is 1. The average molecular weight is 499 g/mol. The maximum atomic E-state index is 13.5. The molecule has 5 nitrogen and oxygen atoms in total. The number of benzene rings is 2. The van der Waals surface area contributed by atoms with Crippen LogP contribution in [0.1, 0.15) is 50.4 Å². The predicted octanol–water partition coefficient (Wildman–Crippen LogP) is 5.74. The molecule has 0 radical (unpaired) electrons. The standard InChI is InChI=1S/C26H18F5N3O2/c1-15-5-6-17(25(36)32-19-9-7-18(14-35)20(13-19)26(29,30)31)12-16(15)8-10-21-23(24(27)28)33-22-4-2-3-11-34(21)22/h2-7,9,11-13,24,35H,14H2,1H3,(H,32,36). The highest BCUT2D eigenvalue weighted by Crippen LogP contribution is 2.34. The van der Waals surface area contributed by atoms with Crippen molar-refractivity contribution in [3.8, 4) is 11.8 Å². The number of halogens is 5. The summed E-state index contributed by atoms with van der Waals surface area (Å²) in [5.41, 5.74) is -0.469. The molecule has 10 heteroatoms. The molecule has 0 unspecified atom stereocenters. The molecule has 1 amide bonds. The Balaban J connectivity index is 1.66. The Morgan fingerprint density at radius 2 is 1.89 bits per heavy atom. The number of rotatable bonds is 4. The molecule has 0 bridgehead atoms. The van der Waals surface area contributed by atoms with Gasteiger partial charge in [-0.1, -0.05) is 24.1 Å². The molecule has 2 heterocycles. The van der Waals surface area contributed by atoms with E-state index in [1.165, 1.54) is 22.6 Å². The smallest absolute Gasteiger partial charge is 0.392 e. The van der Waals surface area contributed by atoms with Gasteiger partial charge in [-0.05, 0) is 60.4 Å². The van der Waals surface area contributed by atoms with Crippen LogP contribution in [0, 0.1) is 18.8 Å². The third-order valence-corrected chi connectivity index (χ3v) is 5.42. The Labute approximate surface area is 202 Å². The van der Waals surface area contributed by atoms with Crippen LogP contribution in [0.4, 0.5) is 27.6 Å². The van der Waals surface area contributed by atoms with Gasteiger partial charge in [-0.2, -0.15) is 13.2 Å². The van der Waals surface area contributed by atoms with E-state index < -0.39 is 36.4 Å². The van der Waals surface area contributed by atoms with Crippen molar-refractivity contribution in [3.05, 3.63) is 100.0 Å². The van der Waals surface area contributed by atoms with E-state index in [-0.39, 0.29) is 22.5 Å². The van der Waals surface area contributed by atoms with Crippen molar-refractivity contribution in [1.82, 2.24) is 9.38 Å². The molecule has 4 rings (SSSR count). The van der Waals surface area contributed by atoms with E-state index in [9.17, 15) is 26.7 Å². The van der Waals surface area contributed by atoms with E-state index in [0.717, 1.165) is 12.1 Å². The number of amides is 1. The number of nitrogens with zero attached hydrogens (tertiary/aromatic N) is 2. The minimum absolute atomic E-state index is 0.0125. The van der Waals surface area contributed by atoms with Crippen LogP contribution in [0.3, 0.4) is 0 Å². The molecule has 0 spiro atoms. The summed E-state index contributed by atoms with van der Waals surface area (Å²) < 4.78 is 68.2. The van der Waals surface area contributed by atoms with Crippen LogP contribution >= 0.6 is 0 Å². The lowest BCUT2D eigenvalue weighted by Gasteiger charge is -2.14. The van der Waals surface area contributed by atoms with Crippen LogP contribution in [0.25, 0.3) is 5.65 Å². The zero-order valence-corrected chi connectivity index (χ0v) is 18.7. The first-order chi connectivity index (χ1) is 17.1. The molecule has 0 aliphatic carbocycles. The Bertz CT molecular complexity index is 1510. The molecule has 0 fully saturated rings. The predicted molar refractivity (Wildman–Crippen MR) is 123 cm³/mol. The number of alkyl halides is 5. The van der Waals surface area contributed by atoms with Crippen LogP contribution in [0.2, 0.25) is 0 Å². The third kappa shape index (κ3) is 5.06. The quantitative estimate of drug-likeness (QED) is 0.278. The van der Waals surface area contributed by atoms with Gasteiger partial charge in [0.2, 0.25) is 0 Å². The van der Waals surface area contributed by atoms with Crippen molar-refractivity contribution < 1.29 is 31.9 Å². The van der Waals surface area contributed by atoms with E-state index >= 15 is 0 Å². The first kappa shape index (κ1) is 24.9. The number of pyridine rings is 1. The van der Waals surface area contributed by atoms with Gasteiger partial charge in [0.05, 0.1) is 12.2 Å². The zero-order chi connectivity index (χ0) is 26.0. The van der Waals surface area contributed by atoms with Gasteiger partial charge in [-0.15, -0.1) is 0 Å². The lowest BCUT2D eigenvalue weighted by molar-refractivity contribution is -0.138. The molecule has 0 atom stereocenters. The summed E-state index contributed by atoms with van der Waals surface area (Å²) in [7, 11) is 0. The van der Waals surface area contributed by atoms with Gasteiger partial charge < -0.3 is 10.4 Å². The van der Waals surface area contributed by atoms with Gasteiger partial charge in [0.15, 0.2) is 0 Å². The highest BCUT2D eigenvalue weighted by Gasteiger charge is 2.33. The number of carbonyl (C=O) groups is 1. The van der Waals surface area contributed by atoms with E-state index in [4.69, 9.17) is 5.11 Å². The van der Waals surface area contributed by atoms with Crippen LogP contribution in [0.15, 0.2) is 60.8 Å². The first-order valence-electron chi connectivity index (χ1n) is 10.6. The van der Waals surface area contributed by atoms with Gasteiger partial charge in [-0.3, -0.25) is 9.20 Å². The highest BCUT2D eigenvalue weighted by atomic mass is 19.4. The molecule has 36 heavy (non-hydrogen) atoms. The SMILES string of the molecule is Cc1ccc(C(=O)Nc2ccc(CO)c(C(F)(F)F)c2)cc1C#Cc1c(C(F)F)nc2ccccn12. The lowest BCUT2D eigenvalue weighted by atomic mass is 10.0. The van der Waals surface area contributed by atoms with Crippen LogP contribution in [-0.4, -0.2) is 20.4 Å². The van der Waals surface area contributed by atoms with Gasteiger partial charge >= 0.3 is 6.18 Å². The number of anilines is 1. The molecular formula is C26H18F5N3O2. The second-order valence-corrected chi connectivity index (χ2v) is 7.84. The fraction of sp³-hybridized carbons (Fsp3) is 0.154. The molecule has 0 aliphatic rings. The zero-order valence-electron chi connectivity index (χ0n) is 18.7. The average Bonchev–Trinajstić information content (AvgIpc) is 3.22. The number of imidazole rings is 1. The van der Waals surface area contributed by atoms with E-state index in [1.807, 2.05) is 0 Å². The summed E-state index contributed by atoms with van der Waals surface area (Å²) in [6.07, 6.45) is -5.99. The summed E-state index contributed by atoms with van der Waals surface area (Å²) in [4.78, 5) is 16.7. The maximum absolute atomic E-state index is 13.5. The Morgan fingerprint density at radius 3 is 2.58 bits per heavy atom. The largest absolute Gasteiger partial charge is 0.416 e. The number of hydrogen-bond donors (Lipinski definition) is 2. The Morgan fingerprint density at radius 1 is 1.11 bits per heavy atom. The lowest BCUT2D eigenvalue weighted by Crippen LogP contribution is -2.15. The maximum Gasteiger partial charge on any atom is 0.416 e. The summed E-state index contributed by atoms with van der Waals surface area (Å²) in [5.74, 6) is 4.83. The van der Waals surface area contributed by atoms with Crippen molar-refractivity contribution in [2.45, 2.75) is 26.1 Å². The molecule has 2 aromatic heterocycles. The second kappa shape index (κ2) is 9.79. The number of aliphatic hydroxyl groups excluding tert-OH is 1. The first-order valence-corrected chi connectivity index (χ1v) is 10.6. The van der Waals surface area contributed by atoms with Crippen molar-refractivity contribution in [3.63, 3.8) is 0 Å². The summed E-state index contributed by atoms with van der Waals surface area (Å²) in [6.45, 7) is 0.917. The molecule has 0 aliphatic heterocycles. The number of aromatic nitrogens is 2. The topological polar surface area (TPSA) is 66.6 Å². The molecule has 2 N–H and O–H groups in total. The van der Waals surface area contributed by atoms with E-state index in [2.05, 4.69) is 22.1 Å². The van der Waals surface area contributed by atoms with E-state index in [0.29, 0.717) is 16.8 Å². The number of hydrogen-bond acceptors (Lipinski definition) is 3. The Kier molecular flexibility index (Phi) is 6.77. The van der Waals surface area contributed by atoms with Crippen LogP contribution in [0.5, 0.6) is 0 Å². The summed E-state index contributed by atoms with van der Waals surface area (Å²) in [5, 5.41) is 11.6. The van der Waals surface area contributed by atoms with Gasteiger partial charge in [0.25, 0.3) is 12.3 Å². The number of nitrogens with one attached hydrogen (secondary N) is 1. The van der Waals surface area contributed by atoms with Crippen LogP contribution in [-0.2, 0) is 12.8 Å². The van der Waals surface area contributed by atoms with Crippen molar-refractivity contribution in [2.75, 3.05) is 5.32 Å². The highest BCUT2D eigenvalue weighted by molar-refractivity contribution is 6.04. The molecule has 184 valence electrons. The fourth-order valence-electron chi connectivity index (χ4n) is 3.57. The van der Waals surface area contributed by atoms with Crippen molar-refractivity contribution in [2.24, 2.45) is 0 Å². The Hall–Kier alpha value is -4.23. The number of aryl methyl sites for hydroxylation is 1. The van der Waals surface area contributed by atoms with Crippen LogP contribution < -0.4 is 5.32 Å². The molecule has 2 aromatic carbocycles. The fourth-order valence-corrected chi connectivity index (χ4v) is 3.57.